The number of rotatable bonds is 4. The monoisotopic (exact) mass is 310 g/mol. The number of urea groups is 1. The average molecular weight is 310 g/mol. The van der Waals surface area contributed by atoms with E-state index in [1.807, 2.05) is 11.6 Å². The average Bonchev–Trinajstić information content (AvgIpc) is 3.06. The summed E-state index contributed by atoms with van der Waals surface area (Å²) in [6.07, 6.45) is 5.63. The summed E-state index contributed by atoms with van der Waals surface area (Å²) in [5.41, 5.74) is 0. The van der Waals surface area contributed by atoms with Crippen LogP contribution in [0.25, 0.3) is 0 Å². The predicted octanol–water partition coefficient (Wildman–Crippen LogP) is 0.868. The van der Waals surface area contributed by atoms with Gasteiger partial charge in [0, 0.05) is 25.2 Å². The molecule has 21 heavy (non-hydrogen) atoms. The lowest BCUT2D eigenvalue weighted by Gasteiger charge is -2.27. The lowest BCUT2D eigenvalue weighted by atomic mass is 10.2. The minimum absolute atomic E-state index is 0.00697. The van der Waals surface area contributed by atoms with Gasteiger partial charge in [-0.1, -0.05) is 0 Å². The first-order valence-corrected chi connectivity index (χ1v) is 7.99. The molecule has 0 radical (unpaired) electrons. The van der Waals surface area contributed by atoms with Crippen molar-refractivity contribution in [1.29, 1.82) is 0 Å². The maximum absolute atomic E-state index is 12.4. The Morgan fingerprint density at radius 1 is 1.52 bits per heavy atom. The van der Waals surface area contributed by atoms with Crippen molar-refractivity contribution in [2.75, 3.05) is 5.75 Å². The largest absolute Gasteiger partial charge is 0.480 e. The maximum atomic E-state index is 12.4. The van der Waals surface area contributed by atoms with Gasteiger partial charge < -0.3 is 15.0 Å². The van der Waals surface area contributed by atoms with Crippen molar-refractivity contribution in [1.82, 2.24) is 19.8 Å². The van der Waals surface area contributed by atoms with Crippen molar-refractivity contribution in [3.8, 4) is 0 Å². The van der Waals surface area contributed by atoms with E-state index >= 15 is 0 Å². The molecule has 0 aromatic carbocycles. The minimum atomic E-state index is -0.933. The molecule has 1 aliphatic heterocycles. The first-order chi connectivity index (χ1) is 10.1. The highest BCUT2D eigenvalue weighted by atomic mass is 32.2. The zero-order valence-electron chi connectivity index (χ0n) is 11.7. The van der Waals surface area contributed by atoms with E-state index in [1.54, 1.807) is 24.2 Å². The Morgan fingerprint density at radius 2 is 2.29 bits per heavy atom. The number of nitrogens with zero attached hydrogens (tertiary/aromatic N) is 3. The molecule has 0 bridgehead atoms. The number of hydrogen-bond donors (Lipinski definition) is 2. The zero-order chi connectivity index (χ0) is 15.0. The number of thioether (sulfide) groups is 1. The molecule has 114 valence electrons. The van der Waals surface area contributed by atoms with E-state index in [4.69, 9.17) is 0 Å². The van der Waals surface area contributed by atoms with Crippen molar-refractivity contribution in [2.45, 2.75) is 30.8 Å². The molecule has 1 aromatic heterocycles. The number of hydrogen-bond acceptors (Lipinski definition) is 4. The van der Waals surface area contributed by atoms with Gasteiger partial charge in [-0.2, -0.15) is 0 Å². The second-order valence-electron chi connectivity index (χ2n) is 5.44. The van der Waals surface area contributed by atoms with Crippen LogP contribution in [0.2, 0.25) is 0 Å². The summed E-state index contributed by atoms with van der Waals surface area (Å²) < 4.78 is 1.83. The molecule has 2 aliphatic rings. The maximum Gasteiger partial charge on any atom is 0.327 e. The van der Waals surface area contributed by atoms with Crippen LogP contribution in [0.3, 0.4) is 0 Å². The van der Waals surface area contributed by atoms with Crippen LogP contribution >= 0.6 is 11.8 Å². The highest BCUT2D eigenvalue weighted by Gasteiger charge is 2.48. The van der Waals surface area contributed by atoms with E-state index in [9.17, 15) is 14.7 Å². The Hall–Kier alpha value is -1.70. The van der Waals surface area contributed by atoms with E-state index in [-0.39, 0.29) is 11.4 Å². The van der Waals surface area contributed by atoms with E-state index in [0.717, 1.165) is 18.7 Å². The Balaban J connectivity index is 1.67. The number of nitrogens with one attached hydrogen (secondary N) is 1. The fraction of sp³-hybridized carbons (Fsp3) is 0.615. The van der Waals surface area contributed by atoms with Crippen LogP contribution in [-0.4, -0.2) is 48.7 Å². The van der Waals surface area contributed by atoms with E-state index in [0.29, 0.717) is 18.2 Å². The summed E-state index contributed by atoms with van der Waals surface area (Å²) in [5.74, 6) is 0.716. The predicted molar refractivity (Wildman–Crippen MR) is 77.7 cm³/mol. The molecule has 1 aromatic rings. The van der Waals surface area contributed by atoms with Gasteiger partial charge in [0.05, 0.1) is 11.9 Å². The fourth-order valence-corrected chi connectivity index (χ4v) is 4.16. The Kier molecular flexibility index (Phi) is 3.79. The van der Waals surface area contributed by atoms with Crippen molar-refractivity contribution in [3.05, 3.63) is 18.2 Å². The van der Waals surface area contributed by atoms with Crippen LogP contribution in [0.4, 0.5) is 4.79 Å². The quantitative estimate of drug-likeness (QED) is 0.861. The van der Waals surface area contributed by atoms with Gasteiger partial charge in [0.1, 0.15) is 11.9 Å². The van der Waals surface area contributed by atoms with Crippen LogP contribution in [0.15, 0.2) is 12.4 Å². The number of carboxylic acids is 1. The Bertz CT molecular complexity index is 557. The second-order valence-corrected chi connectivity index (χ2v) is 6.59. The van der Waals surface area contributed by atoms with Crippen molar-refractivity contribution in [2.24, 2.45) is 13.0 Å². The number of carbonyl (C=O) groups excluding carboxylic acids is 1. The summed E-state index contributed by atoms with van der Waals surface area (Å²) in [7, 11) is 1.85. The van der Waals surface area contributed by atoms with Gasteiger partial charge in [-0.05, 0) is 18.8 Å². The standard InChI is InChI=1S/C13H18N4O3S/c1-16-5-4-14-10(16)6-15-13(20)17-9(12(18)19)7-21-11(17)8-2-3-8/h4-5,8-9,11H,2-3,6-7H2,1H3,(H,15,20)(H,18,19). The van der Waals surface area contributed by atoms with Gasteiger partial charge in [0.25, 0.3) is 0 Å². The normalized spacial score (nSPS) is 25.1. The van der Waals surface area contributed by atoms with Gasteiger partial charge in [0.2, 0.25) is 0 Å². The number of carboxylic acid groups (broad SMARTS) is 1. The van der Waals surface area contributed by atoms with Gasteiger partial charge in [-0.3, -0.25) is 4.90 Å². The van der Waals surface area contributed by atoms with Crippen LogP contribution in [0.5, 0.6) is 0 Å². The SMILES string of the molecule is Cn1ccnc1CNC(=O)N1C(C(=O)O)CSC1C1CC1. The molecular formula is C13H18N4O3S. The summed E-state index contributed by atoms with van der Waals surface area (Å²) in [4.78, 5) is 29.4. The molecule has 2 N–H and O–H groups in total. The third-order valence-corrected chi connectivity index (χ3v) is 5.36. The fourth-order valence-electron chi connectivity index (χ4n) is 2.53. The highest BCUT2D eigenvalue weighted by molar-refractivity contribution is 8.00. The van der Waals surface area contributed by atoms with Crippen molar-refractivity contribution < 1.29 is 14.7 Å². The number of aromatic nitrogens is 2. The number of amides is 2. The van der Waals surface area contributed by atoms with Crippen molar-refractivity contribution in [3.63, 3.8) is 0 Å². The van der Waals surface area contributed by atoms with Crippen molar-refractivity contribution >= 4 is 23.8 Å². The Labute approximate surface area is 126 Å². The lowest BCUT2D eigenvalue weighted by molar-refractivity contribution is -0.141. The van der Waals surface area contributed by atoms with Crippen LogP contribution in [-0.2, 0) is 18.4 Å². The molecule has 2 fully saturated rings. The molecule has 2 unspecified atom stereocenters. The molecule has 0 spiro atoms. The summed E-state index contributed by atoms with van der Waals surface area (Å²) in [6, 6.07) is -1.05. The molecule has 2 amide bonds. The lowest BCUT2D eigenvalue weighted by Crippen LogP contribution is -2.50. The Morgan fingerprint density at radius 3 is 2.86 bits per heavy atom. The summed E-state index contributed by atoms with van der Waals surface area (Å²) in [5, 5.41) is 12.1. The zero-order valence-corrected chi connectivity index (χ0v) is 12.5. The van der Waals surface area contributed by atoms with Gasteiger partial charge in [-0.25, -0.2) is 14.6 Å². The second kappa shape index (κ2) is 5.59. The van der Waals surface area contributed by atoms with Gasteiger partial charge in [0.15, 0.2) is 0 Å². The third kappa shape index (κ3) is 2.85. The number of aliphatic carboxylic acids is 1. The topological polar surface area (TPSA) is 87.5 Å². The van der Waals surface area contributed by atoms with Gasteiger partial charge in [-0.15, -0.1) is 11.8 Å². The van der Waals surface area contributed by atoms with E-state index in [2.05, 4.69) is 10.3 Å². The number of carbonyl (C=O) groups is 2. The summed E-state index contributed by atoms with van der Waals surface area (Å²) in [6.45, 7) is 0.299. The summed E-state index contributed by atoms with van der Waals surface area (Å²) >= 11 is 1.58. The third-order valence-electron chi connectivity index (χ3n) is 3.90. The first kappa shape index (κ1) is 14.2. The minimum Gasteiger partial charge on any atom is -0.480 e. The first-order valence-electron chi connectivity index (χ1n) is 6.94. The molecule has 2 atom stereocenters. The van der Waals surface area contributed by atoms with Crippen LogP contribution in [0.1, 0.15) is 18.7 Å². The molecule has 7 nitrogen and oxygen atoms in total. The van der Waals surface area contributed by atoms with E-state index < -0.39 is 12.0 Å². The molecule has 1 aliphatic carbocycles. The van der Waals surface area contributed by atoms with E-state index in [1.165, 1.54) is 4.90 Å². The molecule has 3 rings (SSSR count). The molecular weight excluding hydrogens is 292 g/mol. The van der Waals surface area contributed by atoms with Crippen LogP contribution < -0.4 is 5.32 Å². The highest BCUT2D eigenvalue weighted by Crippen LogP contribution is 2.45. The molecule has 2 heterocycles. The molecule has 1 saturated heterocycles. The molecule has 8 heteroatoms. The molecule has 1 saturated carbocycles. The smallest absolute Gasteiger partial charge is 0.327 e. The van der Waals surface area contributed by atoms with Crippen LogP contribution in [0, 0.1) is 5.92 Å². The number of aryl methyl sites for hydroxylation is 1. The van der Waals surface area contributed by atoms with Gasteiger partial charge >= 0.3 is 12.0 Å². The number of imidazole rings is 1.